The fraction of sp³-hybridized carbons (Fsp3) is 0. The number of fused-ring (bicyclic) bond motifs is 5. The molecular weight excluding hydrogens is 575 g/mol. The van der Waals surface area contributed by atoms with Gasteiger partial charge in [0.1, 0.15) is 0 Å². The predicted octanol–water partition coefficient (Wildman–Crippen LogP) is 13.2. The fourth-order valence-electron chi connectivity index (χ4n) is 6.74. The van der Waals surface area contributed by atoms with E-state index in [0.717, 1.165) is 17.1 Å². The summed E-state index contributed by atoms with van der Waals surface area (Å²) >= 11 is 1.87. The lowest BCUT2D eigenvalue weighted by Crippen LogP contribution is -2.09. The van der Waals surface area contributed by atoms with E-state index >= 15 is 0 Å². The molecular formula is C44H29NS. The van der Waals surface area contributed by atoms with Crippen molar-refractivity contribution < 1.29 is 0 Å². The van der Waals surface area contributed by atoms with Gasteiger partial charge < -0.3 is 4.90 Å². The molecule has 1 aromatic heterocycles. The van der Waals surface area contributed by atoms with Gasteiger partial charge >= 0.3 is 0 Å². The van der Waals surface area contributed by atoms with Crippen molar-refractivity contribution in [1.29, 1.82) is 0 Å². The van der Waals surface area contributed by atoms with Gasteiger partial charge in [-0.2, -0.15) is 0 Å². The molecule has 1 nitrogen and oxygen atoms in total. The van der Waals surface area contributed by atoms with Crippen molar-refractivity contribution in [1.82, 2.24) is 0 Å². The first kappa shape index (κ1) is 26.7. The van der Waals surface area contributed by atoms with Crippen molar-refractivity contribution >= 4 is 70.1 Å². The third kappa shape index (κ3) is 4.63. The molecule has 0 saturated carbocycles. The lowest BCUT2D eigenvalue weighted by atomic mass is 9.98. The molecule has 0 saturated heterocycles. The van der Waals surface area contributed by atoms with E-state index in [1.807, 2.05) is 11.3 Å². The average Bonchev–Trinajstić information content (AvgIpc) is 3.49. The fourth-order valence-corrected chi connectivity index (χ4v) is 7.88. The SMILES string of the molecule is c1ccc(-c2ccc(N(c3ccc(-c4cccc5ccccc45)cc3)c3ccc4cc5c(cc4c3)sc3ccccc35)cc2)cc1. The second-order valence-electron chi connectivity index (χ2n) is 11.8. The third-order valence-electron chi connectivity index (χ3n) is 9.04. The van der Waals surface area contributed by atoms with Gasteiger partial charge in [0.15, 0.2) is 0 Å². The van der Waals surface area contributed by atoms with Gasteiger partial charge in [-0.1, -0.05) is 121 Å². The summed E-state index contributed by atoms with van der Waals surface area (Å²) < 4.78 is 2.66. The summed E-state index contributed by atoms with van der Waals surface area (Å²) in [5.41, 5.74) is 8.28. The largest absolute Gasteiger partial charge is 0.310 e. The number of thiophene rings is 1. The average molecular weight is 604 g/mol. The molecule has 0 aliphatic rings. The van der Waals surface area contributed by atoms with Crippen LogP contribution in [0.25, 0.3) is 64.0 Å². The van der Waals surface area contributed by atoms with Crippen LogP contribution < -0.4 is 4.90 Å². The molecule has 0 atom stereocenters. The molecule has 1 heterocycles. The number of hydrogen-bond donors (Lipinski definition) is 0. The van der Waals surface area contributed by atoms with Crippen molar-refractivity contribution in [3.63, 3.8) is 0 Å². The molecule has 0 amide bonds. The van der Waals surface area contributed by atoms with Crippen LogP contribution in [0.15, 0.2) is 176 Å². The van der Waals surface area contributed by atoms with Crippen LogP contribution in [0.4, 0.5) is 17.1 Å². The molecule has 0 spiro atoms. The standard InChI is InChI=1S/C44H29NS/c1-2-9-30(10-3-1)31-17-22-36(23-18-31)45(37-24-19-33(20-25-37)40-15-8-12-32-11-4-5-13-39(32)40)38-26-21-34-28-42-41-14-6-7-16-43(41)46-44(42)29-35(34)27-38/h1-29H. The lowest BCUT2D eigenvalue weighted by molar-refractivity contribution is 1.29. The van der Waals surface area contributed by atoms with E-state index in [1.54, 1.807) is 0 Å². The first-order chi connectivity index (χ1) is 22.8. The molecule has 9 aromatic rings. The Hall–Kier alpha value is -5.70. The minimum atomic E-state index is 1.12. The van der Waals surface area contributed by atoms with Gasteiger partial charge in [-0.05, 0) is 98.4 Å². The minimum absolute atomic E-state index is 1.12. The van der Waals surface area contributed by atoms with Crippen molar-refractivity contribution in [2.75, 3.05) is 4.90 Å². The Balaban J connectivity index is 1.17. The summed E-state index contributed by atoms with van der Waals surface area (Å²) in [6.45, 7) is 0. The van der Waals surface area contributed by atoms with Gasteiger partial charge in [0, 0.05) is 37.2 Å². The van der Waals surface area contributed by atoms with Crippen LogP contribution in [-0.4, -0.2) is 0 Å². The van der Waals surface area contributed by atoms with Gasteiger partial charge in [0.05, 0.1) is 0 Å². The summed E-state index contributed by atoms with van der Waals surface area (Å²) in [5.74, 6) is 0. The maximum atomic E-state index is 2.37. The second kappa shape index (κ2) is 11.0. The van der Waals surface area contributed by atoms with Crippen LogP contribution in [0.3, 0.4) is 0 Å². The van der Waals surface area contributed by atoms with E-state index in [0.29, 0.717) is 0 Å². The van der Waals surface area contributed by atoms with Gasteiger partial charge in [-0.15, -0.1) is 11.3 Å². The second-order valence-corrected chi connectivity index (χ2v) is 12.9. The van der Waals surface area contributed by atoms with Crippen LogP contribution >= 0.6 is 11.3 Å². The van der Waals surface area contributed by atoms with E-state index in [1.165, 1.54) is 64.0 Å². The molecule has 9 rings (SSSR count). The molecule has 8 aromatic carbocycles. The zero-order valence-electron chi connectivity index (χ0n) is 25.1. The van der Waals surface area contributed by atoms with Crippen molar-refractivity contribution in [2.24, 2.45) is 0 Å². The van der Waals surface area contributed by atoms with Crippen molar-refractivity contribution in [3.8, 4) is 22.3 Å². The Morgan fingerprint density at radius 2 is 0.957 bits per heavy atom. The van der Waals surface area contributed by atoms with E-state index in [9.17, 15) is 0 Å². The summed E-state index contributed by atoms with van der Waals surface area (Å²) in [6, 6.07) is 64.0. The molecule has 0 fully saturated rings. The van der Waals surface area contributed by atoms with Crippen LogP contribution in [0.5, 0.6) is 0 Å². The van der Waals surface area contributed by atoms with Gasteiger partial charge in [-0.3, -0.25) is 0 Å². The predicted molar refractivity (Wildman–Crippen MR) is 200 cm³/mol. The van der Waals surface area contributed by atoms with Crippen LogP contribution in [0.1, 0.15) is 0 Å². The van der Waals surface area contributed by atoms with Gasteiger partial charge in [0.2, 0.25) is 0 Å². The van der Waals surface area contributed by atoms with E-state index in [2.05, 4.69) is 181 Å². The van der Waals surface area contributed by atoms with E-state index in [4.69, 9.17) is 0 Å². The monoisotopic (exact) mass is 603 g/mol. The Morgan fingerprint density at radius 1 is 0.326 bits per heavy atom. The first-order valence-corrected chi connectivity index (χ1v) is 16.5. The molecule has 0 N–H and O–H groups in total. The number of benzene rings is 8. The molecule has 0 radical (unpaired) electrons. The zero-order valence-corrected chi connectivity index (χ0v) is 25.9. The molecule has 216 valence electrons. The highest BCUT2D eigenvalue weighted by Crippen LogP contribution is 2.41. The van der Waals surface area contributed by atoms with Crippen LogP contribution in [0.2, 0.25) is 0 Å². The van der Waals surface area contributed by atoms with Crippen LogP contribution in [0, 0.1) is 0 Å². The lowest BCUT2D eigenvalue weighted by Gasteiger charge is -2.26. The van der Waals surface area contributed by atoms with Gasteiger partial charge in [0.25, 0.3) is 0 Å². The van der Waals surface area contributed by atoms with E-state index in [-0.39, 0.29) is 0 Å². The molecule has 2 heteroatoms. The maximum Gasteiger partial charge on any atom is 0.0468 e. The Kier molecular flexibility index (Phi) is 6.40. The number of hydrogen-bond acceptors (Lipinski definition) is 2. The molecule has 0 unspecified atom stereocenters. The highest BCUT2D eigenvalue weighted by Gasteiger charge is 2.15. The van der Waals surface area contributed by atoms with Gasteiger partial charge in [-0.25, -0.2) is 0 Å². The summed E-state index contributed by atoms with van der Waals surface area (Å²) in [4.78, 5) is 2.37. The van der Waals surface area contributed by atoms with Crippen molar-refractivity contribution in [2.45, 2.75) is 0 Å². The smallest absolute Gasteiger partial charge is 0.0468 e. The number of anilines is 3. The molecule has 0 aliphatic carbocycles. The van der Waals surface area contributed by atoms with E-state index < -0.39 is 0 Å². The highest BCUT2D eigenvalue weighted by atomic mass is 32.1. The summed E-state index contributed by atoms with van der Waals surface area (Å²) in [5, 5.41) is 7.69. The molecule has 0 bridgehead atoms. The summed E-state index contributed by atoms with van der Waals surface area (Å²) in [7, 11) is 0. The minimum Gasteiger partial charge on any atom is -0.310 e. The van der Waals surface area contributed by atoms with Crippen molar-refractivity contribution in [3.05, 3.63) is 176 Å². The zero-order chi connectivity index (χ0) is 30.5. The highest BCUT2D eigenvalue weighted by molar-refractivity contribution is 7.25. The number of rotatable bonds is 5. The molecule has 46 heavy (non-hydrogen) atoms. The topological polar surface area (TPSA) is 3.24 Å². The summed E-state index contributed by atoms with van der Waals surface area (Å²) in [6.07, 6.45) is 0. The quantitative estimate of drug-likeness (QED) is 0.189. The Labute approximate surface area is 272 Å². The normalized spacial score (nSPS) is 11.5. The molecule has 0 aliphatic heterocycles. The first-order valence-electron chi connectivity index (χ1n) is 15.7. The third-order valence-corrected chi connectivity index (χ3v) is 10.2. The Bertz CT molecular complexity index is 2500. The number of nitrogens with zero attached hydrogens (tertiary/aromatic N) is 1. The Morgan fingerprint density at radius 3 is 1.76 bits per heavy atom. The maximum absolute atomic E-state index is 2.37. The van der Waals surface area contributed by atoms with Crippen LogP contribution in [-0.2, 0) is 0 Å².